The third-order valence-corrected chi connectivity index (χ3v) is 4.83. The molecule has 4 nitrogen and oxygen atoms in total. The van der Waals surface area contributed by atoms with Crippen molar-refractivity contribution in [3.63, 3.8) is 0 Å². The summed E-state index contributed by atoms with van der Waals surface area (Å²) in [6.07, 6.45) is 2.91. The molecule has 1 amide bonds. The Kier molecular flexibility index (Phi) is 4.35. The Balaban J connectivity index is 1.94. The maximum absolute atomic E-state index is 12.1. The summed E-state index contributed by atoms with van der Waals surface area (Å²) >= 11 is 1.68. The maximum atomic E-state index is 12.1. The van der Waals surface area contributed by atoms with Crippen LogP contribution in [0.5, 0.6) is 0 Å². The van der Waals surface area contributed by atoms with Crippen molar-refractivity contribution in [2.45, 2.75) is 33.2 Å². The zero-order valence-electron chi connectivity index (χ0n) is 11.2. The minimum atomic E-state index is 0.00981. The van der Waals surface area contributed by atoms with Crippen LogP contribution in [0.2, 0.25) is 0 Å². The predicted molar refractivity (Wildman–Crippen MR) is 73.6 cm³/mol. The van der Waals surface area contributed by atoms with Crippen LogP contribution < -0.4 is 10.6 Å². The van der Waals surface area contributed by atoms with Crippen LogP contribution in [-0.4, -0.2) is 24.0 Å². The number of amides is 1. The van der Waals surface area contributed by atoms with Gasteiger partial charge >= 0.3 is 0 Å². The lowest BCUT2D eigenvalue weighted by Gasteiger charge is -2.17. The van der Waals surface area contributed by atoms with E-state index in [0.717, 1.165) is 24.5 Å². The topological polar surface area (TPSA) is 54.0 Å². The number of hydrogen-bond donors (Lipinski definition) is 2. The highest BCUT2D eigenvalue weighted by atomic mass is 32.1. The Bertz CT molecular complexity index is 418. The SMILES string of the molecule is CCc1cnc(C(C)NC(=O)[C@@H]2CNC[C@H]2C)s1. The lowest BCUT2D eigenvalue weighted by Crippen LogP contribution is -2.35. The minimum Gasteiger partial charge on any atom is -0.347 e. The van der Waals surface area contributed by atoms with Crippen molar-refractivity contribution in [2.75, 3.05) is 13.1 Å². The Morgan fingerprint density at radius 2 is 2.44 bits per heavy atom. The summed E-state index contributed by atoms with van der Waals surface area (Å²) in [6.45, 7) is 7.96. The van der Waals surface area contributed by atoms with E-state index in [-0.39, 0.29) is 17.9 Å². The summed E-state index contributed by atoms with van der Waals surface area (Å²) in [4.78, 5) is 17.8. The molecule has 0 saturated carbocycles. The average molecular weight is 267 g/mol. The van der Waals surface area contributed by atoms with Crippen LogP contribution in [0.25, 0.3) is 0 Å². The number of hydrogen-bond acceptors (Lipinski definition) is 4. The fourth-order valence-corrected chi connectivity index (χ4v) is 3.09. The molecule has 3 atom stereocenters. The number of thiazole rings is 1. The van der Waals surface area contributed by atoms with E-state index in [1.807, 2.05) is 13.1 Å². The van der Waals surface area contributed by atoms with Crippen LogP contribution in [0.1, 0.15) is 36.7 Å². The highest BCUT2D eigenvalue weighted by molar-refractivity contribution is 7.11. The monoisotopic (exact) mass is 267 g/mol. The number of nitrogens with one attached hydrogen (secondary N) is 2. The fourth-order valence-electron chi connectivity index (χ4n) is 2.23. The molecule has 1 aromatic rings. The Morgan fingerprint density at radius 3 is 3.00 bits per heavy atom. The quantitative estimate of drug-likeness (QED) is 0.873. The van der Waals surface area contributed by atoms with E-state index >= 15 is 0 Å². The summed E-state index contributed by atoms with van der Waals surface area (Å²) in [6, 6.07) is 0.00981. The van der Waals surface area contributed by atoms with Crippen molar-refractivity contribution < 1.29 is 4.79 Å². The van der Waals surface area contributed by atoms with Gasteiger partial charge in [0, 0.05) is 17.6 Å². The largest absolute Gasteiger partial charge is 0.347 e. The van der Waals surface area contributed by atoms with Crippen molar-refractivity contribution >= 4 is 17.2 Å². The van der Waals surface area contributed by atoms with Gasteiger partial charge in [-0.05, 0) is 25.8 Å². The summed E-state index contributed by atoms with van der Waals surface area (Å²) in [5.74, 6) is 0.658. The second kappa shape index (κ2) is 5.80. The Hall–Kier alpha value is -0.940. The molecular formula is C13H21N3OS. The standard InChI is InChI=1S/C13H21N3OS/c1-4-10-6-15-13(18-10)9(3)16-12(17)11-7-14-5-8(11)2/h6,8-9,11,14H,4-5,7H2,1-3H3,(H,16,17)/t8-,9?,11-/m1/s1. The number of rotatable bonds is 4. The molecule has 5 heteroatoms. The summed E-state index contributed by atoms with van der Waals surface area (Å²) in [5.41, 5.74) is 0. The van der Waals surface area contributed by atoms with Crippen LogP contribution in [-0.2, 0) is 11.2 Å². The molecule has 0 bridgehead atoms. The molecular weight excluding hydrogens is 246 g/mol. The average Bonchev–Trinajstić information content (AvgIpc) is 2.96. The van der Waals surface area contributed by atoms with Gasteiger partial charge in [-0.2, -0.15) is 0 Å². The first kappa shape index (κ1) is 13.5. The molecule has 0 spiro atoms. The van der Waals surface area contributed by atoms with Gasteiger partial charge in [0.05, 0.1) is 12.0 Å². The van der Waals surface area contributed by atoms with Gasteiger partial charge in [-0.1, -0.05) is 13.8 Å². The summed E-state index contributed by atoms with van der Waals surface area (Å²) in [7, 11) is 0. The van der Waals surface area contributed by atoms with Crippen molar-refractivity contribution in [1.82, 2.24) is 15.6 Å². The van der Waals surface area contributed by atoms with Crippen LogP contribution in [0.4, 0.5) is 0 Å². The molecule has 0 aliphatic carbocycles. The Morgan fingerprint density at radius 1 is 1.67 bits per heavy atom. The van der Waals surface area contributed by atoms with Gasteiger partial charge in [-0.3, -0.25) is 4.79 Å². The molecule has 1 aromatic heterocycles. The van der Waals surface area contributed by atoms with Crippen molar-refractivity contribution in [3.05, 3.63) is 16.1 Å². The smallest absolute Gasteiger partial charge is 0.225 e. The molecule has 18 heavy (non-hydrogen) atoms. The van der Waals surface area contributed by atoms with Gasteiger partial charge in [0.2, 0.25) is 5.91 Å². The first-order chi connectivity index (χ1) is 8.61. The van der Waals surface area contributed by atoms with E-state index in [4.69, 9.17) is 0 Å². The van der Waals surface area contributed by atoms with Gasteiger partial charge in [-0.25, -0.2) is 4.98 Å². The van der Waals surface area contributed by atoms with Crippen LogP contribution in [0, 0.1) is 11.8 Å². The second-order valence-corrected chi connectivity index (χ2v) is 6.14. The van der Waals surface area contributed by atoms with Crippen LogP contribution >= 0.6 is 11.3 Å². The fraction of sp³-hybridized carbons (Fsp3) is 0.692. The molecule has 100 valence electrons. The van der Waals surface area contributed by atoms with Crippen molar-refractivity contribution in [3.8, 4) is 0 Å². The van der Waals surface area contributed by atoms with Gasteiger partial charge in [0.1, 0.15) is 5.01 Å². The summed E-state index contributed by atoms with van der Waals surface area (Å²) < 4.78 is 0. The lowest BCUT2D eigenvalue weighted by molar-refractivity contribution is -0.126. The molecule has 1 aliphatic rings. The lowest BCUT2D eigenvalue weighted by atomic mass is 9.97. The highest BCUT2D eigenvalue weighted by Crippen LogP contribution is 2.22. The van der Waals surface area contributed by atoms with Gasteiger partial charge < -0.3 is 10.6 Å². The first-order valence-electron chi connectivity index (χ1n) is 6.57. The molecule has 1 saturated heterocycles. The molecule has 2 rings (SSSR count). The summed E-state index contributed by atoms with van der Waals surface area (Å²) in [5, 5.41) is 7.33. The van der Waals surface area contributed by atoms with Crippen molar-refractivity contribution in [2.24, 2.45) is 11.8 Å². The van der Waals surface area contributed by atoms with Crippen molar-refractivity contribution in [1.29, 1.82) is 0 Å². The highest BCUT2D eigenvalue weighted by Gasteiger charge is 2.30. The minimum absolute atomic E-state index is 0.00981. The van der Waals surface area contributed by atoms with Crippen LogP contribution in [0.15, 0.2) is 6.20 Å². The molecule has 2 N–H and O–H groups in total. The molecule has 1 unspecified atom stereocenters. The Labute approximate surface area is 112 Å². The zero-order valence-corrected chi connectivity index (χ0v) is 12.0. The van der Waals surface area contributed by atoms with E-state index < -0.39 is 0 Å². The molecule has 1 aliphatic heterocycles. The number of carbonyl (C=O) groups is 1. The zero-order chi connectivity index (χ0) is 13.1. The molecule has 0 aromatic carbocycles. The van der Waals surface area contributed by atoms with E-state index in [1.54, 1.807) is 11.3 Å². The number of nitrogens with zero attached hydrogens (tertiary/aromatic N) is 1. The number of carbonyl (C=O) groups excluding carboxylic acids is 1. The second-order valence-electron chi connectivity index (χ2n) is 4.99. The maximum Gasteiger partial charge on any atom is 0.225 e. The third-order valence-electron chi connectivity index (χ3n) is 3.50. The molecule has 0 radical (unpaired) electrons. The third kappa shape index (κ3) is 2.90. The van der Waals surface area contributed by atoms with E-state index in [9.17, 15) is 4.79 Å². The van der Waals surface area contributed by atoms with Gasteiger partial charge in [0.25, 0.3) is 0 Å². The normalized spacial score (nSPS) is 25.1. The molecule has 1 fully saturated rings. The van der Waals surface area contributed by atoms with Gasteiger partial charge in [-0.15, -0.1) is 11.3 Å². The molecule has 2 heterocycles. The number of aromatic nitrogens is 1. The van der Waals surface area contributed by atoms with E-state index in [0.29, 0.717) is 5.92 Å². The first-order valence-corrected chi connectivity index (χ1v) is 7.39. The van der Waals surface area contributed by atoms with E-state index in [1.165, 1.54) is 4.88 Å². The van der Waals surface area contributed by atoms with Gasteiger partial charge in [0.15, 0.2) is 0 Å². The number of aryl methyl sites for hydroxylation is 1. The van der Waals surface area contributed by atoms with Crippen LogP contribution in [0.3, 0.4) is 0 Å². The van der Waals surface area contributed by atoms with E-state index in [2.05, 4.69) is 29.5 Å². The predicted octanol–water partition coefficient (Wildman–Crippen LogP) is 1.74.